The second kappa shape index (κ2) is 9.26. The molecule has 4 aromatic rings. The van der Waals surface area contributed by atoms with Crippen LogP contribution in [0.2, 0.25) is 10.0 Å². The molecular weight excluding hydrogens is 580 g/mol. The Morgan fingerprint density at radius 3 is 2.32 bits per heavy atom. The highest BCUT2D eigenvalue weighted by atomic mass is 79.9. The zero-order valence-electron chi connectivity index (χ0n) is 16.7. The van der Waals surface area contributed by atoms with E-state index in [2.05, 4.69) is 25.6 Å². The highest BCUT2D eigenvalue weighted by molar-refractivity contribution is 9.10. The predicted octanol–water partition coefficient (Wildman–Crippen LogP) is 7.92. The molecule has 5 nitrogen and oxygen atoms in total. The molecule has 0 fully saturated rings. The molecule has 34 heavy (non-hydrogen) atoms. The number of aromatic nitrogens is 1. The number of halogens is 6. The van der Waals surface area contributed by atoms with Crippen LogP contribution in [-0.4, -0.2) is 13.4 Å². The van der Waals surface area contributed by atoms with Crippen molar-refractivity contribution in [1.29, 1.82) is 0 Å². The van der Waals surface area contributed by atoms with Gasteiger partial charge in [-0.1, -0.05) is 57.3 Å². The maximum Gasteiger partial charge on any atom is 0.417 e. The molecule has 1 N–H and O–H groups in total. The SMILES string of the molecule is O=S(=O)(Nc1cc(Cl)c(Oc2cnc3ccccc3c2)c(Cl)c1)c1ccc(Br)cc1C(F)(F)F. The number of hydrogen-bond donors (Lipinski definition) is 1. The van der Waals surface area contributed by atoms with Gasteiger partial charge >= 0.3 is 6.18 Å². The molecule has 3 aromatic carbocycles. The van der Waals surface area contributed by atoms with Gasteiger partial charge in [-0.05, 0) is 42.5 Å². The first-order valence-corrected chi connectivity index (χ1v) is 12.4. The highest BCUT2D eigenvalue weighted by Crippen LogP contribution is 2.41. The number of hydrogen-bond acceptors (Lipinski definition) is 4. The number of nitrogens with zero attached hydrogens (tertiary/aromatic N) is 1. The van der Waals surface area contributed by atoms with E-state index < -0.39 is 26.7 Å². The van der Waals surface area contributed by atoms with Crippen LogP contribution in [0.3, 0.4) is 0 Å². The van der Waals surface area contributed by atoms with Gasteiger partial charge in [-0.2, -0.15) is 13.2 Å². The van der Waals surface area contributed by atoms with E-state index in [1.807, 2.05) is 24.3 Å². The maximum absolute atomic E-state index is 13.4. The molecule has 1 aromatic heterocycles. The van der Waals surface area contributed by atoms with Gasteiger partial charge in [0.2, 0.25) is 0 Å². The lowest BCUT2D eigenvalue weighted by molar-refractivity contribution is -0.139. The maximum atomic E-state index is 13.4. The number of alkyl halides is 3. The van der Waals surface area contributed by atoms with Gasteiger partial charge in [0.15, 0.2) is 5.75 Å². The van der Waals surface area contributed by atoms with Gasteiger partial charge in [0.1, 0.15) is 5.75 Å². The quantitative estimate of drug-likeness (QED) is 0.256. The van der Waals surface area contributed by atoms with Gasteiger partial charge in [-0.3, -0.25) is 9.71 Å². The van der Waals surface area contributed by atoms with Crippen LogP contribution < -0.4 is 9.46 Å². The number of anilines is 1. The molecule has 1 heterocycles. The molecule has 0 aliphatic carbocycles. The third-order valence-corrected chi connectivity index (χ3v) is 7.07. The normalized spacial score (nSPS) is 12.1. The van der Waals surface area contributed by atoms with Crippen molar-refractivity contribution < 1.29 is 26.3 Å². The van der Waals surface area contributed by atoms with E-state index in [0.717, 1.165) is 17.0 Å². The monoisotopic (exact) mass is 590 g/mol. The lowest BCUT2D eigenvalue weighted by Gasteiger charge is -2.16. The van der Waals surface area contributed by atoms with Gasteiger partial charge in [0, 0.05) is 9.86 Å². The zero-order chi connectivity index (χ0) is 24.7. The number of rotatable bonds is 5. The Labute approximate surface area is 210 Å². The van der Waals surface area contributed by atoms with Crippen molar-refractivity contribution >= 4 is 65.7 Å². The van der Waals surface area contributed by atoms with Crippen molar-refractivity contribution in [2.75, 3.05) is 4.72 Å². The number of fused-ring (bicyclic) bond motifs is 1. The van der Waals surface area contributed by atoms with Gasteiger partial charge in [-0.15, -0.1) is 0 Å². The van der Waals surface area contributed by atoms with Crippen LogP contribution >= 0.6 is 39.1 Å². The number of para-hydroxylation sites is 1. The van der Waals surface area contributed by atoms with E-state index in [1.165, 1.54) is 24.4 Å². The van der Waals surface area contributed by atoms with Crippen LogP contribution in [0.15, 0.2) is 76.2 Å². The number of ether oxygens (including phenoxy) is 1. The summed E-state index contributed by atoms with van der Waals surface area (Å²) in [5.41, 5.74) is -0.715. The summed E-state index contributed by atoms with van der Waals surface area (Å²) < 4.78 is 73.6. The molecule has 0 saturated carbocycles. The molecule has 0 aliphatic heterocycles. The average Bonchev–Trinajstić information content (AvgIpc) is 2.75. The summed E-state index contributed by atoms with van der Waals surface area (Å²) in [6, 6.07) is 14.2. The third-order valence-electron chi connectivity index (χ3n) is 4.57. The Kier molecular flexibility index (Phi) is 6.69. The summed E-state index contributed by atoms with van der Waals surface area (Å²) in [6.45, 7) is 0. The lowest BCUT2D eigenvalue weighted by Crippen LogP contribution is -2.19. The molecule has 4 rings (SSSR count). The number of benzene rings is 3. The smallest absolute Gasteiger partial charge is 0.417 e. The molecular formula is C22H12BrCl2F3N2O3S. The second-order valence-electron chi connectivity index (χ2n) is 6.98. The molecule has 0 saturated heterocycles. The average molecular weight is 592 g/mol. The number of sulfonamides is 1. The molecule has 0 atom stereocenters. The third kappa shape index (κ3) is 5.25. The fourth-order valence-electron chi connectivity index (χ4n) is 3.11. The molecule has 0 amide bonds. The van der Waals surface area contributed by atoms with Crippen LogP contribution in [0.5, 0.6) is 11.5 Å². The van der Waals surface area contributed by atoms with E-state index in [1.54, 1.807) is 6.07 Å². The fourth-order valence-corrected chi connectivity index (χ4v) is 5.28. The summed E-state index contributed by atoms with van der Waals surface area (Å²) in [5.74, 6) is 0.364. The van der Waals surface area contributed by atoms with Crippen molar-refractivity contribution in [1.82, 2.24) is 4.98 Å². The first-order valence-electron chi connectivity index (χ1n) is 9.35. The van der Waals surface area contributed by atoms with Crippen molar-refractivity contribution in [3.05, 3.63) is 86.9 Å². The van der Waals surface area contributed by atoms with Gasteiger partial charge in [-0.25, -0.2) is 8.42 Å². The van der Waals surface area contributed by atoms with Gasteiger partial charge in [0.05, 0.1) is 37.9 Å². The van der Waals surface area contributed by atoms with E-state index in [4.69, 9.17) is 27.9 Å². The summed E-state index contributed by atoms with van der Waals surface area (Å²) in [4.78, 5) is 3.33. The summed E-state index contributed by atoms with van der Waals surface area (Å²) in [5, 5.41) is 0.682. The van der Waals surface area contributed by atoms with Crippen LogP contribution in [0.4, 0.5) is 18.9 Å². The Hall–Kier alpha value is -2.53. The number of nitrogens with one attached hydrogen (secondary N) is 1. The molecule has 0 unspecified atom stereocenters. The van der Waals surface area contributed by atoms with E-state index in [9.17, 15) is 21.6 Å². The Balaban J connectivity index is 1.64. The van der Waals surface area contributed by atoms with Crippen molar-refractivity contribution in [3.63, 3.8) is 0 Å². The van der Waals surface area contributed by atoms with Crippen LogP contribution in [-0.2, 0) is 16.2 Å². The van der Waals surface area contributed by atoms with Crippen molar-refractivity contribution in [2.24, 2.45) is 0 Å². The second-order valence-corrected chi connectivity index (χ2v) is 10.4. The molecule has 0 radical (unpaired) electrons. The minimum absolute atomic E-state index is 0.0305. The van der Waals surface area contributed by atoms with E-state index in [0.29, 0.717) is 11.8 Å². The topological polar surface area (TPSA) is 68.3 Å². The molecule has 12 heteroatoms. The van der Waals surface area contributed by atoms with E-state index >= 15 is 0 Å². The summed E-state index contributed by atoms with van der Waals surface area (Å²) in [6.07, 6.45) is -3.42. The standard InChI is InChI=1S/C22H12BrCl2F3N2O3S/c23-13-5-6-20(16(8-13)22(26,27)28)34(31,32)30-14-9-17(24)21(18(25)10-14)33-15-7-12-3-1-2-4-19(12)29-11-15/h1-11,30H. The first kappa shape index (κ1) is 24.6. The van der Waals surface area contributed by atoms with Gasteiger partial charge in [0.25, 0.3) is 10.0 Å². The molecule has 0 aliphatic rings. The van der Waals surface area contributed by atoms with Crippen LogP contribution in [0.25, 0.3) is 10.9 Å². The van der Waals surface area contributed by atoms with Crippen LogP contribution in [0, 0.1) is 0 Å². The molecule has 0 bridgehead atoms. The fraction of sp³-hybridized carbons (Fsp3) is 0.0455. The summed E-state index contributed by atoms with van der Waals surface area (Å²) >= 11 is 15.4. The van der Waals surface area contributed by atoms with Crippen molar-refractivity contribution in [3.8, 4) is 11.5 Å². The van der Waals surface area contributed by atoms with Crippen LogP contribution in [0.1, 0.15) is 5.56 Å². The largest absolute Gasteiger partial charge is 0.453 e. The van der Waals surface area contributed by atoms with E-state index in [-0.39, 0.29) is 26.0 Å². The zero-order valence-corrected chi connectivity index (χ0v) is 20.6. The first-order chi connectivity index (χ1) is 15.9. The Morgan fingerprint density at radius 1 is 0.971 bits per heavy atom. The Morgan fingerprint density at radius 2 is 1.65 bits per heavy atom. The van der Waals surface area contributed by atoms with Crippen molar-refractivity contribution in [2.45, 2.75) is 11.1 Å². The minimum Gasteiger partial charge on any atom is -0.453 e. The molecule has 0 spiro atoms. The minimum atomic E-state index is -4.89. The number of pyridine rings is 1. The lowest BCUT2D eigenvalue weighted by atomic mass is 10.2. The van der Waals surface area contributed by atoms with Gasteiger partial charge < -0.3 is 4.74 Å². The predicted molar refractivity (Wildman–Crippen MR) is 128 cm³/mol. The summed E-state index contributed by atoms with van der Waals surface area (Å²) in [7, 11) is -4.63. The molecule has 176 valence electrons. The Bertz CT molecular complexity index is 1490. The highest BCUT2D eigenvalue weighted by Gasteiger charge is 2.37.